The summed E-state index contributed by atoms with van der Waals surface area (Å²) in [4.78, 5) is 7.45. The first-order valence-electron chi connectivity index (χ1n) is 10.7. The number of nitrogens with zero attached hydrogens (tertiary/aromatic N) is 6. The number of anilines is 1. The number of piperidine rings is 1. The van der Waals surface area contributed by atoms with Gasteiger partial charge in [-0.2, -0.15) is 14.7 Å². The van der Waals surface area contributed by atoms with Gasteiger partial charge in [0.05, 0.1) is 11.4 Å². The van der Waals surface area contributed by atoms with E-state index in [0.29, 0.717) is 11.7 Å². The molecule has 0 unspecified atom stereocenters. The van der Waals surface area contributed by atoms with Gasteiger partial charge in [0.15, 0.2) is 5.65 Å². The zero-order valence-corrected chi connectivity index (χ0v) is 18.3. The van der Waals surface area contributed by atoms with Gasteiger partial charge >= 0.3 is 0 Å². The second-order valence-corrected chi connectivity index (χ2v) is 9.30. The first-order valence-corrected chi connectivity index (χ1v) is 10.7. The molecular formula is C22H33N7. The van der Waals surface area contributed by atoms with Crippen LogP contribution in [0.25, 0.3) is 5.65 Å². The van der Waals surface area contributed by atoms with Gasteiger partial charge in [0.2, 0.25) is 0 Å². The number of hydrogen-bond donors (Lipinski definition) is 1. The maximum absolute atomic E-state index is 6.32. The van der Waals surface area contributed by atoms with Crippen molar-refractivity contribution in [3.63, 3.8) is 0 Å². The van der Waals surface area contributed by atoms with Crippen LogP contribution >= 0.6 is 0 Å². The van der Waals surface area contributed by atoms with Gasteiger partial charge in [-0.1, -0.05) is 20.8 Å². The number of likely N-dealkylation sites (tertiary alicyclic amines) is 1. The van der Waals surface area contributed by atoms with Crippen molar-refractivity contribution in [3.8, 4) is 0 Å². The Morgan fingerprint density at radius 1 is 1.14 bits per heavy atom. The van der Waals surface area contributed by atoms with E-state index in [4.69, 9.17) is 10.7 Å². The summed E-state index contributed by atoms with van der Waals surface area (Å²) in [6, 6.07) is 4.09. The molecule has 3 aromatic rings. The number of fused-ring (bicyclic) bond motifs is 1. The van der Waals surface area contributed by atoms with Crippen LogP contribution in [0.2, 0.25) is 0 Å². The minimum Gasteiger partial charge on any atom is -0.384 e. The molecule has 2 N–H and O–H groups in total. The molecule has 1 saturated heterocycles. The largest absolute Gasteiger partial charge is 0.384 e. The highest BCUT2D eigenvalue weighted by molar-refractivity contribution is 5.49. The molecule has 1 aliphatic heterocycles. The minimum absolute atomic E-state index is 0.0185. The SMILES string of the molecule is CCn1cc(CN2CCC(c3cc(N)n4nc(C(C)(C)C)cc4n3)CC2)c(C)n1. The summed E-state index contributed by atoms with van der Waals surface area (Å²) >= 11 is 0. The second-order valence-electron chi connectivity index (χ2n) is 9.30. The number of aryl methyl sites for hydroxylation is 2. The first-order chi connectivity index (χ1) is 13.7. The van der Waals surface area contributed by atoms with E-state index in [-0.39, 0.29) is 5.41 Å². The Hall–Kier alpha value is -2.41. The summed E-state index contributed by atoms with van der Waals surface area (Å²) in [6.45, 7) is 14.8. The van der Waals surface area contributed by atoms with Crippen molar-refractivity contribution < 1.29 is 0 Å². The van der Waals surface area contributed by atoms with Crippen molar-refractivity contribution in [1.82, 2.24) is 29.3 Å². The molecular weight excluding hydrogens is 362 g/mol. The van der Waals surface area contributed by atoms with Gasteiger partial charge in [0.1, 0.15) is 5.82 Å². The average Bonchev–Trinajstić information content (AvgIpc) is 3.26. The van der Waals surface area contributed by atoms with Gasteiger partial charge in [0, 0.05) is 54.0 Å². The molecule has 0 spiro atoms. The van der Waals surface area contributed by atoms with E-state index < -0.39 is 0 Å². The Kier molecular flexibility index (Phi) is 5.11. The molecule has 0 bridgehead atoms. The van der Waals surface area contributed by atoms with Crippen LogP contribution in [-0.4, -0.2) is 42.4 Å². The average molecular weight is 396 g/mol. The third kappa shape index (κ3) is 4.01. The summed E-state index contributed by atoms with van der Waals surface area (Å²) in [5.74, 6) is 1.12. The molecule has 4 rings (SSSR count). The summed E-state index contributed by atoms with van der Waals surface area (Å²) in [6.07, 6.45) is 4.39. The Morgan fingerprint density at radius 3 is 2.48 bits per heavy atom. The highest BCUT2D eigenvalue weighted by Gasteiger charge is 2.25. The van der Waals surface area contributed by atoms with Gasteiger partial charge in [-0.05, 0) is 39.8 Å². The molecule has 1 fully saturated rings. The lowest BCUT2D eigenvalue weighted by Crippen LogP contribution is -2.32. The van der Waals surface area contributed by atoms with Gasteiger partial charge in [-0.3, -0.25) is 9.58 Å². The van der Waals surface area contributed by atoms with Crippen LogP contribution in [0, 0.1) is 6.92 Å². The fourth-order valence-electron chi connectivity index (χ4n) is 4.10. The van der Waals surface area contributed by atoms with E-state index in [9.17, 15) is 0 Å². The quantitative estimate of drug-likeness (QED) is 0.731. The molecule has 156 valence electrons. The monoisotopic (exact) mass is 395 g/mol. The smallest absolute Gasteiger partial charge is 0.157 e. The Bertz CT molecular complexity index is 1000. The van der Waals surface area contributed by atoms with Gasteiger partial charge in [-0.25, -0.2) is 4.98 Å². The lowest BCUT2D eigenvalue weighted by Gasteiger charge is -2.31. The van der Waals surface area contributed by atoms with Gasteiger partial charge < -0.3 is 5.73 Å². The second kappa shape index (κ2) is 7.44. The summed E-state index contributed by atoms with van der Waals surface area (Å²) in [5.41, 5.74) is 11.8. The standard InChI is InChI=1S/C22H33N7/c1-6-28-14-17(15(2)25-28)13-27-9-7-16(8-10-27)18-11-20(23)29-21(24-18)12-19(26-29)22(3,4)5/h11-12,14,16H,6-10,13,23H2,1-5H3. The van der Waals surface area contributed by atoms with Crippen LogP contribution in [0.3, 0.4) is 0 Å². The molecule has 7 nitrogen and oxygen atoms in total. The van der Waals surface area contributed by atoms with Crippen LogP contribution in [0.5, 0.6) is 0 Å². The number of nitrogen functional groups attached to an aromatic ring is 1. The van der Waals surface area contributed by atoms with Crippen molar-refractivity contribution in [2.75, 3.05) is 18.8 Å². The van der Waals surface area contributed by atoms with Crippen LogP contribution in [0.4, 0.5) is 5.82 Å². The molecule has 7 heteroatoms. The van der Waals surface area contributed by atoms with Gasteiger partial charge in [0.25, 0.3) is 0 Å². The molecule has 0 saturated carbocycles. The van der Waals surface area contributed by atoms with Crippen molar-refractivity contribution in [3.05, 3.63) is 41.0 Å². The van der Waals surface area contributed by atoms with E-state index in [1.54, 1.807) is 4.52 Å². The van der Waals surface area contributed by atoms with E-state index in [1.807, 2.05) is 10.7 Å². The fourth-order valence-corrected chi connectivity index (χ4v) is 4.10. The molecule has 0 aliphatic carbocycles. The molecule has 0 atom stereocenters. The van der Waals surface area contributed by atoms with Gasteiger partial charge in [-0.15, -0.1) is 0 Å². The minimum atomic E-state index is -0.0185. The van der Waals surface area contributed by atoms with E-state index in [1.165, 1.54) is 5.56 Å². The lowest BCUT2D eigenvalue weighted by molar-refractivity contribution is 0.203. The molecule has 1 aliphatic rings. The Labute approximate surface area is 172 Å². The summed E-state index contributed by atoms with van der Waals surface area (Å²) in [7, 11) is 0. The van der Waals surface area contributed by atoms with E-state index in [2.05, 4.69) is 62.0 Å². The number of aromatic nitrogens is 5. The van der Waals surface area contributed by atoms with E-state index >= 15 is 0 Å². The number of hydrogen-bond acceptors (Lipinski definition) is 5. The summed E-state index contributed by atoms with van der Waals surface area (Å²) < 4.78 is 3.80. The zero-order valence-electron chi connectivity index (χ0n) is 18.3. The van der Waals surface area contributed by atoms with Crippen molar-refractivity contribution >= 4 is 11.5 Å². The predicted molar refractivity (Wildman–Crippen MR) is 116 cm³/mol. The topological polar surface area (TPSA) is 77.3 Å². The first kappa shape index (κ1) is 19.9. The molecule has 29 heavy (non-hydrogen) atoms. The molecule has 4 heterocycles. The third-order valence-corrected chi connectivity index (χ3v) is 6.01. The van der Waals surface area contributed by atoms with Crippen LogP contribution in [0.15, 0.2) is 18.3 Å². The highest BCUT2D eigenvalue weighted by atomic mass is 15.3. The maximum Gasteiger partial charge on any atom is 0.157 e. The normalized spacial score (nSPS) is 16.7. The number of rotatable bonds is 4. The molecule has 0 radical (unpaired) electrons. The number of nitrogens with two attached hydrogens (primary N) is 1. The third-order valence-electron chi connectivity index (χ3n) is 6.01. The maximum atomic E-state index is 6.32. The van der Waals surface area contributed by atoms with Crippen molar-refractivity contribution in [1.29, 1.82) is 0 Å². The fraction of sp³-hybridized carbons (Fsp3) is 0.591. The Balaban J connectivity index is 1.46. The van der Waals surface area contributed by atoms with Crippen LogP contribution in [0.1, 0.15) is 69.1 Å². The summed E-state index contributed by atoms with van der Waals surface area (Å²) in [5, 5.41) is 9.23. The van der Waals surface area contributed by atoms with Crippen molar-refractivity contribution in [2.24, 2.45) is 0 Å². The molecule has 0 aromatic carbocycles. The zero-order chi connectivity index (χ0) is 20.8. The highest BCUT2D eigenvalue weighted by Crippen LogP contribution is 2.30. The van der Waals surface area contributed by atoms with E-state index in [0.717, 1.165) is 61.7 Å². The lowest BCUT2D eigenvalue weighted by atomic mass is 9.92. The van der Waals surface area contributed by atoms with Crippen LogP contribution < -0.4 is 5.73 Å². The molecule has 0 amide bonds. The predicted octanol–water partition coefficient (Wildman–Crippen LogP) is 3.51. The Morgan fingerprint density at radius 2 is 1.86 bits per heavy atom. The van der Waals surface area contributed by atoms with Crippen molar-refractivity contribution in [2.45, 2.75) is 71.9 Å². The van der Waals surface area contributed by atoms with Crippen LogP contribution in [-0.2, 0) is 18.5 Å². The molecule has 3 aromatic heterocycles.